The molecule has 0 unspecified atom stereocenters. The maximum atomic E-state index is 5.91. The van der Waals surface area contributed by atoms with Crippen LogP contribution < -0.4 is 10.1 Å². The SMILES string of the molecule is Cc1cc(OCc2ccoc2CNC(C)C)cc(C)c1Br. The Bertz CT molecular complexity index is 582. The van der Waals surface area contributed by atoms with E-state index in [-0.39, 0.29) is 0 Å². The van der Waals surface area contributed by atoms with Crippen molar-refractivity contribution in [3.63, 3.8) is 0 Å². The topological polar surface area (TPSA) is 34.4 Å². The summed E-state index contributed by atoms with van der Waals surface area (Å²) in [4.78, 5) is 0. The summed E-state index contributed by atoms with van der Waals surface area (Å²) in [5, 5.41) is 3.36. The van der Waals surface area contributed by atoms with Crippen molar-refractivity contribution in [1.82, 2.24) is 5.32 Å². The molecule has 0 radical (unpaired) electrons. The zero-order valence-corrected chi connectivity index (χ0v) is 14.6. The van der Waals surface area contributed by atoms with Crippen molar-refractivity contribution in [3.05, 3.63) is 51.4 Å². The summed E-state index contributed by atoms with van der Waals surface area (Å²) in [6, 6.07) is 6.49. The van der Waals surface area contributed by atoms with E-state index in [4.69, 9.17) is 9.15 Å². The van der Waals surface area contributed by atoms with Crippen LogP contribution in [0, 0.1) is 13.8 Å². The van der Waals surface area contributed by atoms with E-state index in [9.17, 15) is 0 Å². The highest BCUT2D eigenvalue weighted by atomic mass is 79.9. The van der Waals surface area contributed by atoms with Gasteiger partial charge in [-0.05, 0) is 43.2 Å². The van der Waals surface area contributed by atoms with Crippen molar-refractivity contribution in [2.24, 2.45) is 0 Å². The molecule has 2 rings (SSSR count). The van der Waals surface area contributed by atoms with E-state index in [1.54, 1.807) is 6.26 Å². The van der Waals surface area contributed by atoms with E-state index in [0.717, 1.165) is 28.1 Å². The molecule has 1 heterocycles. The van der Waals surface area contributed by atoms with Gasteiger partial charge in [-0.3, -0.25) is 0 Å². The number of hydrogen-bond acceptors (Lipinski definition) is 3. The summed E-state index contributed by atoms with van der Waals surface area (Å²) in [6.45, 7) is 9.62. The van der Waals surface area contributed by atoms with Crippen molar-refractivity contribution >= 4 is 15.9 Å². The third kappa shape index (κ3) is 4.35. The van der Waals surface area contributed by atoms with Crippen molar-refractivity contribution in [2.45, 2.75) is 46.9 Å². The standard InChI is InChI=1S/C17H22BrNO2/c1-11(2)19-9-16-14(5-6-20-16)10-21-15-7-12(3)17(18)13(4)8-15/h5-8,11,19H,9-10H2,1-4H3. The van der Waals surface area contributed by atoms with Gasteiger partial charge in [0.05, 0.1) is 12.8 Å². The zero-order chi connectivity index (χ0) is 15.4. The molecule has 21 heavy (non-hydrogen) atoms. The number of rotatable bonds is 6. The van der Waals surface area contributed by atoms with Crippen LogP contribution >= 0.6 is 15.9 Å². The molecule has 1 N–H and O–H groups in total. The van der Waals surface area contributed by atoms with Gasteiger partial charge in [-0.25, -0.2) is 0 Å². The van der Waals surface area contributed by atoms with Gasteiger partial charge in [0.1, 0.15) is 18.1 Å². The van der Waals surface area contributed by atoms with Crippen LogP contribution in [0.15, 0.2) is 33.4 Å². The molecule has 0 aliphatic rings. The number of furan rings is 1. The van der Waals surface area contributed by atoms with E-state index in [1.807, 2.05) is 18.2 Å². The van der Waals surface area contributed by atoms with Crippen molar-refractivity contribution < 1.29 is 9.15 Å². The van der Waals surface area contributed by atoms with Crippen LogP contribution in [-0.4, -0.2) is 6.04 Å². The molecular weight excluding hydrogens is 330 g/mol. The molecule has 2 aromatic rings. The molecule has 4 heteroatoms. The summed E-state index contributed by atoms with van der Waals surface area (Å²) in [7, 11) is 0. The van der Waals surface area contributed by atoms with Gasteiger partial charge in [0.25, 0.3) is 0 Å². The highest BCUT2D eigenvalue weighted by molar-refractivity contribution is 9.10. The molecule has 0 amide bonds. The monoisotopic (exact) mass is 351 g/mol. The minimum Gasteiger partial charge on any atom is -0.489 e. The van der Waals surface area contributed by atoms with Crippen LogP contribution in [0.5, 0.6) is 5.75 Å². The van der Waals surface area contributed by atoms with E-state index in [1.165, 1.54) is 11.1 Å². The fourth-order valence-electron chi connectivity index (χ4n) is 2.10. The van der Waals surface area contributed by atoms with Crippen LogP contribution in [0.25, 0.3) is 0 Å². The fourth-order valence-corrected chi connectivity index (χ4v) is 2.33. The van der Waals surface area contributed by atoms with E-state index in [0.29, 0.717) is 12.6 Å². The van der Waals surface area contributed by atoms with Gasteiger partial charge in [-0.2, -0.15) is 0 Å². The van der Waals surface area contributed by atoms with Gasteiger partial charge in [0, 0.05) is 16.1 Å². The first-order valence-corrected chi connectivity index (χ1v) is 7.95. The predicted molar refractivity (Wildman–Crippen MR) is 88.6 cm³/mol. The van der Waals surface area contributed by atoms with E-state index in [2.05, 4.69) is 48.9 Å². The highest BCUT2D eigenvalue weighted by Crippen LogP contribution is 2.27. The second-order valence-electron chi connectivity index (χ2n) is 5.56. The van der Waals surface area contributed by atoms with Gasteiger partial charge in [0.2, 0.25) is 0 Å². The van der Waals surface area contributed by atoms with E-state index >= 15 is 0 Å². The van der Waals surface area contributed by atoms with Gasteiger partial charge in [-0.1, -0.05) is 29.8 Å². The number of aryl methyl sites for hydroxylation is 2. The first-order chi connectivity index (χ1) is 9.97. The summed E-state index contributed by atoms with van der Waals surface area (Å²) in [6.07, 6.45) is 1.72. The Morgan fingerprint density at radius 2 is 1.90 bits per heavy atom. The summed E-state index contributed by atoms with van der Waals surface area (Å²) < 4.78 is 12.6. The molecule has 0 atom stereocenters. The maximum Gasteiger partial charge on any atom is 0.124 e. The second-order valence-corrected chi connectivity index (χ2v) is 6.36. The van der Waals surface area contributed by atoms with Crippen LogP contribution in [0.2, 0.25) is 0 Å². The minimum absolute atomic E-state index is 0.431. The number of nitrogens with one attached hydrogen (secondary N) is 1. The van der Waals surface area contributed by atoms with Gasteiger partial charge in [-0.15, -0.1) is 0 Å². The third-order valence-electron chi connectivity index (χ3n) is 3.31. The maximum absolute atomic E-state index is 5.91. The lowest BCUT2D eigenvalue weighted by atomic mass is 10.1. The van der Waals surface area contributed by atoms with Crippen LogP contribution in [0.1, 0.15) is 36.3 Å². The minimum atomic E-state index is 0.431. The largest absolute Gasteiger partial charge is 0.489 e. The Labute approximate surface area is 134 Å². The Morgan fingerprint density at radius 3 is 2.52 bits per heavy atom. The van der Waals surface area contributed by atoms with Gasteiger partial charge >= 0.3 is 0 Å². The summed E-state index contributed by atoms with van der Waals surface area (Å²) >= 11 is 3.57. The lowest BCUT2D eigenvalue weighted by Crippen LogP contribution is -2.22. The molecular formula is C17H22BrNO2. The summed E-state index contributed by atoms with van der Waals surface area (Å²) in [5.74, 6) is 1.83. The number of hydrogen-bond donors (Lipinski definition) is 1. The van der Waals surface area contributed by atoms with Crippen LogP contribution in [-0.2, 0) is 13.2 Å². The van der Waals surface area contributed by atoms with Crippen LogP contribution in [0.4, 0.5) is 0 Å². The Balaban J connectivity index is 2.02. The normalized spacial score (nSPS) is 11.1. The lowest BCUT2D eigenvalue weighted by Gasteiger charge is -2.11. The molecule has 0 bridgehead atoms. The Morgan fingerprint density at radius 1 is 1.24 bits per heavy atom. The Kier molecular flexibility index (Phi) is 5.48. The zero-order valence-electron chi connectivity index (χ0n) is 13.0. The van der Waals surface area contributed by atoms with Gasteiger partial charge in [0.15, 0.2) is 0 Å². The molecule has 1 aromatic carbocycles. The molecule has 0 aliphatic heterocycles. The van der Waals surface area contributed by atoms with Crippen LogP contribution in [0.3, 0.4) is 0 Å². The number of halogens is 1. The number of ether oxygens (including phenoxy) is 1. The average molecular weight is 352 g/mol. The molecule has 114 valence electrons. The summed E-state index contributed by atoms with van der Waals surface area (Å²) in [5.41, 5.74) is 3.44. The molecule has 0 saturated carbocycles. The predicted octanol–water partition coefficient (Wildman–Crippen LogP) is 4.74. The Hall–Kier alpha value is -1.26. The second kappa shape index (κ2) is 7.14. The molecule has 0 fully saturated rings. The number of benzene rings is 1. The van der Waals surface area contributed by atoms with Crippen molar-refractivity contribution in [2.75, 3.05) is 0 Å². The smallest absolute Gasteiger partial charge is 0.124 e. The highest BCUT2D eigenvalue weighted by Gasteiger charge is 2.09. The van der Waals surface area contributed by atoms with E-state index < -0.39 is 0 Å². The fraction of sp³-hybridized carbons (Fsp3) is 0.412. The van der Waals surface area contributed by atoms with Crippen molar-refractivity contribution in [3.8, 4) is 5.75 Å². The molecule has 0 saturated heterocycles. The van der Waals surface area contributed by atoms with Gasteiger partial charge < -0.3 is 14.5 Å². The van der Waals surface area contributed by atoms with Crippen molar-refractivity contribution in [1.29, 1.82) is 0 Å². The molecule has 1 aromatic heterocycles. The molecule has 0 spiro atoms. The lowest BCUT2D eigenvalue weighted by molar-refractivity contribution is 0.300. The molecule has 3 nitrogen and oxygen atoms in total. The first kappa shape index (κ1) is 16.1. The first-order valence-electron chi connectivity index (χ1n) is 7.15. The molecule has 0 aliphatic carbocycles. The third-order valence-corrected chi connectivity index (χ3v) is 4.56. The average Bonchev–Trinajstić information content (AvgIpc) is 2.87. The quantitative estimate of drug-likeness (QED) is 0.816.